The van der Waals surface area contributed by atoms with E-state index in [1.807, 2.05) is 18.2 Å². The molecule has 0 saturated heterocycles. The van der Waals surface area contributed by atoms with E-state index in [1.165, 1.54) is 27.3 Å². The summed E-state index contributed by atoms with van der Waals surface area (Å²) in [6.45, 7) is 0. The molecule has 7 aromatic carbocycles. The zero-order chi connectivity index (χ0) is 33.5. The fourth-order valence-electron chi connectivity index (χ4n) is 7.95. The van der Waals surface area contributed by atoms with Gasteiger partial charge in [-0.15, -0.1) is 0 Å². The standard InChI is InChI=1S/C46H28N4O/c1-2-14-29(15-3-1)32-22-13-26-40-42(32)35-20-6-10-25-39(35)50(40)46-44-43(36-21-7-11-27-41(36)51-44)47-45(48-46)30-16-12-17-31(28-30)49-37-23-8-4-18-33(37)34-19-5-9-24-38(34)49/h1-28H. The van der Waals surface area contributed by atoms with Crippen LogP contribution in [0.2, 0.25) is 0 Å². The summed E-state index contributed by atoms with van der Waals surface area (Å²) in [6.07, 6.45) is 0. The molecule has 0 atom stereocenters. The third kappa shape index (κ3) is 4.09. The molecule has 0 saturated carbocycles. The number of para-hydroxylation sites is 4. The molecule has 0 aliphatic rings. The maximum absolute atomic E-state index is 6.64. The first-order chi connectivity index (χ1) is 25.3. The SMILES string of the molecule is c1ccc(-c2cccc3c2c2ccccc2n3-c2nc(-c3cccc(-n4c5ccccc5c5ccccc54)c3)nc3c2oc2ccccc23)cc1. The Morgan fingerprint density at radius 2 is 1.02 bits per heavy atom. The van der Waals surface area contributed by atoms with E-state index in [1.54, 1.807) is 0 Å². The van der Waals surface area contributed by atoms with E-state index in [0.29, 0.717) is 17.2 Å². The van der Waals surface area contributed by atoms with Gasteiger partial charge < -0.3 is 8.98 Å². The summed E-state index contributed by atoms with van der Waals surface area (Å²) in [5.74, 6) is 1.35. The molecular formula is C46H28N4O. The van der Waals surface area contributed by atoms with Crippen molar-refractivity contribution < 1.29 is 4.42 Å². The third-order valence-corrected chi connectivity index (χ3v) is 10.1. The van der Waals surface area contributed by atoms with Gasteiger partial charge in [-0.05, 0) is 59.7 Å². The first-order valence-corrected chi connectivity index (χ1v) is 17.2. The summed E-state index contributed by atoms with van der Waals surface area (Å²) < 4.78 is 11.2. The molecule has 0 unspecified atom stereocenters. The number of nitrogens with zero attached hydrogens (tertiary/aromatic N) is 4. The van der Waals surface area contributed by atoms with Gasteiger partial charge in [0.15, 0.2) is 17.2 Å². The van der Waals surface area contributed by atoms with E-state index in [2.05, 4.69) is 161 Å². The van der Waals surface area contributed by atoms with Crippen molar-refractivity contribution in [2.24, 2.45) is 0 Å². The average Bonchev–Trinajstić information content (AvgIpc) is 3.86. The highest BCUT2D eigenvalue weighted by atomic mass is 16.3. The Morgan fingerprint density at radius 3 is 1.78 bits per heavy atom. The van der Waals surface area contributed by atoms with E-state index >= 15 is 0 Å². The summed E-state index contributed by atoms with van der Waals surface area (Å²) in [5.41, 5.74) is 11.0. The fraction of sp³-hybridized carbons (Fsp3) is 0. The molecule has 51 heavy (non-hydrogen) atoms. The molecule has 11 rings (SSSR count). The van der Waals surface area contributed by atoms with Gasteiger partial charge in [0.05, 0.1) is 22.1 Å². The zero-order valence-corrected chi connectivity index (χ0v) is 27.4. The zero-order valence-electron chi connectivity index (χ0n) is 27.4. The van der Waals surface area contributed by atoms with Crippen molar-refractivity contribution in [2.45, 2.75) is 0 Å². The van der Waals surface area contributed by atoms with Crippen molar-refractivity contribution in [1.29, 1.82) is 0 Å². The topological polar surface area (TPSA) is 48.8 Å². The van der Waals surface area contributed by atoms with Crippen molar-refractivity contribution in [3.63, 3.8) is 0 Å². The molecule has 4 heterocycles. The van der Waals surface area contributed by atoms with Crippen LogP contribution in [0, 0.1) is 0 Å². The highest BCUT2D eigenvalue weighted by molar-refractivity contribution is 6.17. The maximum atomic E-state index is 6.64. The molecule has 0 radical (unpaired) electrons. The number of hydrogen-bond acceptors (Lipinski definition) is 3. The van der Waals surface area contributed by atoms with Crippen LogP contribution in [0.15, 0.2) is 174 Å². The Labute approximate surface area is 292 Å². The summed E-state index contributed by atoms with van der Waals surface area (Å²) in [6, 6.07) is 59.5. The molecule has 5 nitrogen and oxygen atoms in total. The lowest BCUT2D eigenvalue weighted by Crippen LogP contribution is -2.02. The molecule has 11 aromatic rings. The minimum absolute atomic E-state index is 0.636. The van der Waals surface area contributed by atoms with E-state index in [0.717, 1.165) is 55.2 Å². The van der Waals surface area contributed by atoms with Gasteiger partial charge >= 0.3 is 0 Å². The lowest BCUT2D eigenvalue weighted by Gasteiger charge is -2.12. The Hall–Kier alpha value is -6.98. The van der Waals surface area contributed by atoms with Gasteiger partial charge in [0.1, 0.15) is 11.1 Å². The van der Waals surface area contributed by atoms with E-state index in [9.17, 15) is 0 Å². The second-order valence-electron chi connectivity index (χ2n) is 13.0. The predicted octanol–water partition coefficient (Wildman–Crippen LogP) is 11.9. The second-order valence-corrected chi connectivity index (χ2v) is 13.0. The van der Waals surface area contributed by atoms with Crippen molar-refractivity contribution >= 4 is 65.7 Å². The second kappa shape index (κ2) is 10.8. The molecule has 0 amide bonds. The van der Waals surface area contributed by atoms with Crippen LogP contribution in [0.3, 0.4) is 0 Å². The molecule has 0 bridgehead atoms. The predicted molar refractivity (Wildman–Crippen MR) is 209 cm³/mol. The van der Waals surface area contributed by atoms with E-state index in [-0.39, 0.29) is 0 Å². The Morgan fingerprint density at radius 1 is 0.431 bits per heavy atom. The van der Waals surface area contributed by atoms with Gasteiger partial charge in [-0.2, -0.15) is 0 Å². The Balaban J connectivity index is 1.21. The minimum atomic E-state index is 0.636. The molecule has 0 N–H and O–H groups in total. The van der Waals surface area contributed by atoms with Crippen LogP contribution in [0.25, 0.3) is 99.7 Å². The van der Waals surface area contributed by atoms with Crippen LogP contribution < -0.4 is 0 Å². The fourth-order valence-corrected chi connectivity index (χ4v) is 7.95. The molecule has 238 valence electrons. The van der Waals surface area contributed by atoms with Gasteiger partial charge in [0.25, 0.3) is 0 Å². The van der Waals surface area contributed by atoms with Crippen molar-refractivity contribution in [3.05, 3.63) is 170 Å². The van der Waals surface area contributed by atoms with Gasteiger partial charge in [0.2, 0.25) is 0 Å². The lowest BCUT2D eigenvalue weighted by molar-refractivity contribution is 0.662. The highest BCUT2D eigenvalue weighted by Crippen LogP contribution is 2.41. The van der Waals surface area contributed by atoms with Crippen LogP contribution in [0.5, 0.6) is 0 Å². The van der Waals surface area contributed by atoms with Crippen LogP contribution in [-0.2, 0) is 0 Å². The van der Waals surface area contributed by atoms with Gasteiger partial charge in [0, 0.05) is 38.2 Å². The molecule has 5 heteroatoms. The summed E-state index contributed by atoms with van der Waals surface area (Å²) in [7, 11) is 0. The largest absolute Gasteiger partial charge is 0.450 e. The molecule has 0 fully saturated rings. The lowest BCUT2D eigenvalue weighted by atomic mass is 9.99. The number of hydrogen-bond donors (Lipinski definition) is 0. The van der Waals surface area contributed by atoms with Crippen molar-refractivity contribution in [1.82, 2.24) is 19.1 Å². The number of benzene rings is 7. The van der Waals surface area contributed by atoms with Crippen LogP contribution in [0.4, 0.5) is 0 Å². The third-order valence-electron chi connectivity index (χ3n) is 10.1. The van der Waals surface area contributed by atoms with Crippen molar-refractivity contribution in [2.75, 3.05) is 0 Å². The Kier molecular flexibility index (Phi) is 5.89. The maximum Gasteiger partial charge on any atom is 0.197 e. The van der Waals surface area contributed by atoms with Gasteiger partial charge in [-0.3, -0.25) is 4.57 Å². The average molecular weight is 653 g/mol. The molecule has 4 aromatic heterocycles. The molecule has 0 spiro atoms. The van der Waals surface area contributed by atoms with Gasteiger partial charge in [-0.25, -0.2) is 9.97 Å². The molecule has 0 aliphatic heterocycles. The summed E-state index contributed by atoms with van der Waals surface area (Å²) in [4.78, 5) is 10.7. The van der Waals surface area contributed by atoms with E-state index in [4.69, 9.17) is 14.4 Å². The number of rotatable bonds is 4. The smallest absolute Gasteiger partial charge is 0.197 e. The Bertz CT molecular complexity index is 3090. The minimum Gasteiger partial charge on any atom is -0.450 e. The monoisotopic (exact) mass is 652 g/mol. The number of fused-ring (bicyclic) bond motifs is 9. The molecule has 0 aliphatic carbocycles. The highest BCUT2D eigenvalue weighted by Gasteiger charge is 2.23. The quantitative estimate of drug-likeness (QED) is 0.190. The van der Waals surface area contributed by atoms with Gasteiger partial charge in [-0.1, -0.05) is 121 Å². The summed E-state index contributed by atoms with van der Waals surface area (Å²) >= 11 is 0. The summed E-state index contributed by atoms with van der Waals surface area (Å²) in [5, 5.41) is 5.75. The first kappa shape index (κ1) is 27.9. The first-order valence-electron chi connectivity index (χ1n) is 17.2. The normalized spacial score (nSPS) is 11.9. The van der Waals surface area contributed by atoms with Crippen LogP contribution >= 0.6 is 0 Å². The molecular weight excluding hydrogens is 625 g/mol. The van der Waals surface area contributed by atoms with Crippen LogP contribution in [0.1, 0.15) is 0 Å². The van der Waals surface area contributed by atoms with Crippen LogP contribution in [-0.4, -0.2) is 19.1 Å². The van der Waals surface area contributed by atoms with Crippen molar-refractivity contribution in [3.8, 4) is 34.0 Å². The van der Waals surface area contributed by atoms with E-state index < -0.39 is 0 Å². The number of furan rings is 1. The number of aromatic nitrogens is 4.